The van der Waals surface area contributed by atoms with Crippen LogP contribution in [-0.4, -0.2) is 4.21 Å². The van der Waals surface area contributed by atoms with Gasteiger partial charge in [-0.15, -0.1) is 0 Å². The van der Waals surface area contributed by atoms with Crippen molar-refractivity contribution in [2.24, 2.45) is 5.73 Å². The Hall–Kier alpha value is -1.23. The fraction of sp³-hybridized carbons (Fsp3) is 0.143. The molecule has 1 atom stereocenters. The Morgan fingerprint density at radius 2 is 2.00 bits per heavy atom. The lowest BCUT2D eigenvalue weighted by Crippen LogP contribution is -2.00. The maximum atomic E-state index is 13.1. The van der Waals surface area contributed by atoms with Gasteiger partial charge in [0.05, 0.1) is 16.6 Å². The summed E-state index contributed by atoms with van der Waals surface area (Å²) in [7, 11) is -1.32. The third-order valence-corrected chi connectivity index (χ3v) is 4.40. The molecule has 2 nitrogen and oxygen atoms in total. The fourth-order valence-corrected chi connectivity index (χ4v) is 3.19. The van der Waals surface area contributed by atoms with E-state index in [0.29, 0.717) is 16.5 Å². The van der Waals surface area contributed by atoms with Gasteiger partial charge in [0, 0.05) is 16.5 Å². The Morgan fingerprint density at radius 1 is 1.21 bits per heavy atom. The van der Waals surface area contributed by atoms with Crippen LogP contribution < -0.4 is 5.73 Å². The zero-order valence-electron chi connectivity index (χ0n) is 10.1. The number of benzene rings is 2. The van der Waals surface area contributed by atoms with Crippen LogP contribution >= 0.6 is 11.6 Å². The van der Waals surface area contributed by atoms with E-state index in [9.17, 15) is 8.60 Å². The van der Waals surface area contributed by atoms with E-state index < -0.39 is 16.6 Å². The number of nitrogens with two attached hydrogens (primary N) is 1. The molecule has 0 aliphatic carbocycles. The van der Waals surface area contributed by atoms with E-state index in [0.717, 1.165) is 11.1 Å². The van der Waals surface area contributed by atoms with Crippen LogP contribution in [0, 0.1) is 5.82 Å². The fourth-order valence-electron chi connectivity index (χ4n) is 1.67. The van der Waals surface area contributed by atoms with Gasteiger partial charge in [-0.1, -0.05) is 29.8 Å². The van der Waals surface area contributed by atoms with Gasteiger partial charge in [0.2, 0.25) is 0 Å². The first-order valence-electron chi connectivity index (χ1n) is 5.71. The lowest BCUT2D eigenvalue weighted by atomic mass is 10.1. The van der Waals surface area contributed by atoms with E-state index in [1.807, 2.05) is 12.1 Å². The normalized spacial score (nSPS) is 12.4. The Kier molecular flexibility index (Phi) is 4.69. The molecule has 0 bridgehead atoms. The standard InChI is InChI=1S/C14H13ClFNOS/c15-14-6-10(8-17)4-5-11(14)9-19(18)13-3-1-2-12(16)7-13/h1-7H,8-9,17H2. The molecule has 2 aromatic rings. The highest BCUT2D eigenvalue weighted by Crippen LogP contribution is 2.21. The second-order valence-corrected chi connectivity index (χ2v) is 5.94. The molecule has 2 rings (SSSR count). The molecule has 5 heteroatoms. The molecular formula is C14H13ClFNOS. The number of rotatable bonds is 4. The summed E-state index contributed by atoms with van der Waals surface area (Å²) in [4.78, 5) is 0.457. The average Bonchev–Trinajstić information content (AvgIpc) is 2.41. The second-order valence-electron chi connectivity index (χ2n) is 4.08. The minimum absolute atomic E-state index is 0.257. The zero-order chi connectivity index (χ0) is 13.8. The summed E-state index contributed by atoms with van der Waals surface area (Å²) < 4.78 is 25.2. The Balaban J connectivity index is 2.19. The maximum Gasteiger partial charge on any atom is 0.124 e. The van der Waals surface area contributed by atoms with Gasteiger partial charge in [-0.3, -0.25) is 4.21 Å². The molecule has 0 heterocycles. The molecule has 0 aliphatic rings. The number of hydrogen-bond acceptors (Lipinski definition) is 2. The zero-order valence-corrected chi connectivity index (χ0v) is 11.7. The highest BCUT2D eigenvalue weighted by atomic mass is 35.5. The third-order valence-electron chi connectivity index (χ3n) is 2.70. The van der Waals surface area contributed by atoms with Crippen molar-refractivity contribution in [2.75, 3.05) is 0 Å². The molecule has 1 unspecified atom stereocenters. The molecule has 2 N–H and O–H groups in total. The predicted molar refractivity (Wildman–Crippen MR) is 75.9 cm³/mol. The van der Waals surface area contributed by atoms with Crippen LogP contribution in [0.15, 0.2) is 47.4 Å². The van der Waals surface area contributed by atoms with E-state index in [2.05, 4.69) is 0 Å². The van der Waals surface area contributed by atoms with Gasteiger partial charge in [0.15, 0.2) is 0 Å². The monoisotopic (exact) mass is 297 g/mol. The van der Waals surface area contributed by atoms with Crippen LogP contribution in [0.3, 0.4) is 0 Å². The summed E-state index contributed by atoms with van der Waals surface area (Å²) in [6, 6.07) is 11.2. The van der Waals surface area contributed by atoms with Crippen LogP contribution in [0.1, 0.15) is 11.1 Å². The third kappa shape index (κ3) is 3.62. The van der Waals surface area contributed by atoms with Crippen molar-refractivity contribution < 1.29 is 8.60 Å². The quantitative estimate of drug-likeness (QED) is 0.941. The van der Waals surface area contributed by atoms with Crippen LogP contribution in [0.25, 0.3) is 0 Å². The molecule has 0 fully saturated rings. The van der Waals surface area contributed by atoms with Gasteiger partial charge in [0.1, 0.15) is 5.82 Å². The predicted octanol–water partition coefficient (Wildman–Crippen LogP) is 3.25. The molecule has 0 aromatic heterocycles. The topological polar surface area (TPSA) is 43.1 Å². The molecule has 0 saturated carbocycles. The number of halogens is 2. The van der Waals surface area contributed by atoms with Crippen molar-refractivity contribution in [3.63, 3.8) is 0 Å². The minimum atomic E-state index is -1.32. The van der Waals surface area contributed by atoms with Crippen molar-refractivity contribution in [3.05, 3.63) is 64.4 Å². The summed E-state index contributed by atoms with van der Waals surface area (Å²) in [5.74, 6) is -0.136. The Bertz CT molecular complexity index is 618. The molecule has 19 heavy (non-hydrogen) atoms. The minimum Gasteiger partial charge on any atom is -0.326 e. The molecule has 0 saturated heterocycles. The van der Waals surface area contributed by atoms with Gasteiger partial charge in [-0.2, -0.15) is 0 Å². The SMILES string of the molecule is NCc1ccc(CS(=O)c2cccc(F)c2)c(Cl)c1. The van der Waals surface area contributed by atoms with E-state index in [1.165, 1.54) is 12.1 Å². The Morgan fingerprint density at radius 3 is 2.63 bits per heavy atom. The molecular weight excluding hydrogens is 285 g/mol. The van der Waals surface area contributed by atoms with Gasteiger partial charge in [-0.25, -0.2) is 4.39 Å². The second kappa shape index (κ2) is 6.28. The van der Waals surface area contributed by atoms with Crippen molar-refractivity contribution >= 4 is 22.4 Å². The van der Waals surface area contributed by atoms with E-state index in [-0.39, 0.29) is 5.75 Å². The summed E-state index contributed by atoms with van der Waals surface area (Å²) in [6.07, 6.45) is 0. The van der Waals surface area contributed by atoms with Gasteiger partial charge in [-0.05, 0) is 35.4 Å². The Labute approximate surface area is 118 Å². The van der Waals surface area contributed by atoms with E-state index in [4.69, 9.17) is 17.3 Å². The van der Waals surface area contributed by atoms with Crippen molar-refractivity contribution in [1.82, 2.24) is 0 Å². The summed E-state index contributed by atoms with van der Waals surface area (Å²) in [5.41, 5.74) is 7.20. The first-order valence-corrected chi connectivity index (χ1v) is 7.41. The van der Waals surface area contributed by atoms with E-state index in [1.54, 1.807) is 18.2 Å². The van der Waals surface area contributed by atoms with E-state index >= 15 is 0 Å². The lowest BCUT2D eigenvalue weighted by molar-refractivity contribution is 0.622. The molecule has 0 aliphatic heterocycles. The summed E-state index contributed by atoms with van der Waals surface area (Å²) in [6.45, 7) is 0.410. The van der Waals surface area contributed by atoms with Crippen LogP contribution in [0.4, 0.5) is 4.39 Å². The maximum absolute atomic E-state index is 13.1. The molecule has 2 aromatic carbocycles. The van der Waals surface area contributed by atoms with Crippen LogP contribution in [-0.2, 0) is 23.1 Å². The lowest BCUT2D eigenvalue weighted by Gasteiger charge is -2.06. The first kappa shape index (κ1) is 14.2. The first-order chi connectivity index (χ1) is 9.10. The summed E-state index contributed by atoms with van der Waals surface area (Å²) in [5, 5.41) is 0.535. The van der Waals surface area contributed by atoms with Gasteiger partial charge < -0.3 is 5.73 Å². The number of hydrogen-bond donors (Lipinski definition) is 1. The van der Waals surface area contributed by atoms with Crippen molar-refractivity contribution in [3.8, 4) is 0 Å². The molecule has 0 amide bonds. The van der Waals surface area contributed by atoms with Crippen LogP contribution in [0.2, 0.25) is 5.02 Å². The van der Waals surface area contributed by atoms with Gasteiger partial charge in [0.25, 0.3) is 0 Å². The molecule has 0 radical (unpaired) electrons. The van der Waals surface area contributed by atoms with Crippen molar-refractivity contribution in [1.29, 1.82) is 0 Å². The van der Waals surface area contributed by atoms with Crippen LogP contribution in [0.5, 0.6) is 0 Å². The molecule has 100 valence electrons. The highest BCUT2D eigenvalue weighted by Gasteiger charge is 2.09. The molecule has 0 spiro atoms. The smallest absolute Gasteiger partial charge is 0.124 e. The van der Waals surface area contributed by atoms with Crippen molar-refractivity contribution in [2.45, 2.75) is 17.2 Å². The van der Waals surface area contributed by atoms with Gasteiger partial charge >= 0.3 is 0 Å². The average molecular weight is 298 g/mol. The summed E-state index contributed by atoms with van der Waals surface area (Å²) >= 11 is 6.11. The highest BCUT2D eigenvalue weighted by molar-refractivity contribution is 7.84. The largest absolute Gasteiger partial charge is 0.326 e.